The molecule has 0 radical (unpaired) electrons. The Morgan fingerprint density at radius 1 is 1.27 bits per heavy atom. The lowest BCUT2D eigenvalue weighted by Crippen LogP contribution is -2.14. The smallest absolute Gasteiger partial charge is 0.0107 e. The van der Waals surface area contributed by atoms with E-state index in [-0.39, 0.29) is 0 Å². The SMILES string of the molecule is Cc1cccc(SC2CCCNCC2)c1. The molecule has 1 aliphatic heterocycles. The summed E-state index contributed by atoms with van der Waals surface area (Å²) in [5.41, 5.74) is 1.37. The highest BCUT2D eigenvalue weighted by Gasteiger charge is 2.12. The van der Waals surface area contributed by atoms with Crippen LogP contribution < -0.4 is 5.32 Å². The summed E-state index contributed by atoms with van der Waals surface area (Å²) in [4.78, 5) is 1.43. The molecular formula is C13H19NS. The first-order valence-electron chi connectivity index (χ1n) is 5.78. The fraction of sp³-hybridized carbons (Fsp3) is 0.538. The minimum absolute atomic E-state index is 0.807. The van der Waals surface area contributed by atoms with Gasteiger partial charge in [-0.05, 0) is 51.4 Å². The van der Waals surface area contributed by atoms with Crippen molar-refractivity contribution in [1.29, 1.82) is 0 Å². The zero-order valence-electron chi connectivity index (χ0n) is 9.33. The van der Waals surface area contributed by atoms with E-state index in [1.807, 2.05) is 0 Å². The molecule has 0 amide bonds. The molecule has 1 atom stereocenters. The van der Waals surface area contributed by atoms with E-state index < -0.39 is 0 Å². The maximum absolute atomic E-state index is 3.46. The van der Waals surface area contributed by atoms with E-state index in [9.17, 15) is 0 Å². The van der Waals surface area contributed by atoms with Gasteiger partial charge in [-0.3, -0.25) is 0 Å². The zero-order valence-corrected chi connectivity index (χ0v) is 10.1. The molecule has 15 heavy (non-hydrogen) atoms. The lowest BCUT2D eigenvalue weighted by atomic mass is 10.2. The predicted molar refractivity (Wildman–Crippen MR) is 67.5 cm³/mol. The molecule has 1 saturated heterocycles. The highest BCUT2D eigenvalue weighted by molar-refractivity contribution is 8.00. The van der Waals surface area contributed by atoms with E-state index in [1.165, 1.54) is 42.8 Å². The lowest BCUT2D eigenvalue weighted by Gasteiger charge is -2.13. The molecule has 2 heteroatoms. The normalized spacial score (nSPS) is 22.3. The Hall–Kier alpha value is -0.470. The summed E-state index contributed by atoms with van der Waals surface area (Å²) in [6, 6.07) is 8.85. The van der Waals surface area contributed by atoms with E-state index in [0.717, 1.165) is 5.25 Å². The predicted octanol–water partition coefficient (Wildman–Crippen LogP) is 3.23. The van der Waals surface area contributed by atoms with Crippen molar-refractivity contribution in [1.82, 2.24) is 5.32 Å². The molecular weight excluding hydrogens is 202 g/mol. The van der Waals surface area contributed by atoms with Gasteiger partial charge >= 0.3 is 0 Å². The van der Waals surface area contributed by atoms with Gasteiger partial charge in [-0.2, -0.15) is 0 Å². The van der Waals surface area contributed by atoms with E-state index >= 15 is 0 Å². The molecule has 1 N–H and O–H groups in total. The number of hydrogen-bond acceptors (Lipinski definition) is 2. The fourth-order valence-electron chi connectivity index (χ4n) is 1.99. The molecule has 1 aromatic rings. The van der Waals surface area contributed by atoms with Gasteiger partial charge in [-0.25, -0.2) is 0 Å². The Bertz CT molecular complexity index is 303. The van der Waals surface area contributed by atoms with E-state index in [1.54, 1.807) is 0 Å². The van der Waals surface area contributed by atoms with E-state index in [2.05, 4.69) is 48.3 Å². The Labute approximate surface area is 96.7 Å². The number of nitrogens with one attached hydrogen (secondary N) is 1. The number of aryl methyl sites for hydroxylation is 1. The minimum Gasteiger partial charge on any atom is -0.317 e. The average Bonchev–Trinajstić information content (AvgIpc) is 2.46. The zero-order chi connectivity index (χ0) is 10.5. The van der Waals surface area contributed by atoms with Gasteiger partial charge < -0.3 is 5.32 Å². The standard InChI is InChI=1S/C13H19NS/c1-11-4-2-5-13(10-11)15-12-6-3-8-14-9-7-12/h2,4-5,10,12,14H,3,6-9H2,1H3. The highest BCUT2D eigenvalue weighted by Crippen LogP contribution is 2.29. The molecule has 0 aromatic heterocycles. The van der Waals surface area contributed by atoms with Gasteiger partial charge in [0.15, 0.2) is 0 Å². The van der Waals surface area contributed by atoms with Crippen LogP contribution in [0.4, 0.5) is 0 Å². The molecule has 0 saturated carbocycles. The van der Waals surface area contributed by atoms with Crippen LogP contribution in [0.15, 0.2) is 29.2 Å². The van der Waals surface area contributed by atoms with Crippen molar-refractivity contribution in [3.8, 4) is 0 Å². The third-order valence-corrected chi connectivity index (χ3v) is 4.15. The maximum Gasteiger partial charge on any atom is 0.0107 e. The fourth-order valence-corrected chi connectivity index (χ4v) is 3.30. The van der Waals surface area contributed by atoms with Crippen molar-refractivity contribution in [2.45, 2.75) is 36.3 Å². The van der Waals surface area contributed by atoms with Crippen LogP contribution in [-0.2, 0) is 0 Å². The van der Waals surface area contributed by atoms with Crippen LogP contribution in [0, 0.1) is 6.92 Å². The summed E-state index contributed by atoms with van der Waals surface area (Å²) in [6.45, 7) is 4.55. The summed E-state index contributed by atoms with van der Waals surface area (Å²) in [7, 11) is 0. The number of hydrogen-bond donors (Lipinski definition) is 1. The van der Waals surface area contributed by atoms with Crippen molar-refractivity contribution < 1.29 is 0 Å². The van der Waals surface area contributed by atoms with Crippen LogP contribution in [0.2, 0.25) is 0 Å². The van der Waals surface area contributed by atoms with Gasteiger partial charge in [0.25, 0.3) is 0 Å². The second kappa shape index (κ2) is 5.57. The quantitative estimate of drug-likeness (QED) is 0.823. The molecule has 0 bridgehead atoms. The summed E-state index contributed by atoms with van der Waals surface area (Å²) in [5.74, 6) is 0. The molecule has 2 rings (SSSR count). The second-order valence-corrected chi connectivity index (χ2v) is 5.61. The van der Waals surface area contributed by atoms with Gasteiger partial charge in [0, 0.05) is 10.1 Å². The van der Waals surface area contributed by atoms with Gasteiger partial charge in [0.2, 0.25) is 0 Å². The van der Waals surface area contributed by atoms with Crippen LogP contribution in [0.1, 0.15) is 24.8 Å². The summed E-state index contributed by atoms with van der Waals surface area (Å²) in [6.07, 6.45) is 3.98. The van der Waals surface area contributed by atoms with Gasteiger partial charge in [-0.1, -0.05) is 17.7 Å². The van der Waals surface area contributed by atoms with Crippen molar-refractivity contribution in [3.63, 3.8) is 0 Å². The molecule has 82 valence electrons. The summed E-state index contributed by atoms with van der Waals surface area (Å²) >= 11 is 2.05. The van der Waals surface area contributed by atoms with Crippen LogP contribution in [-0.4, -0.2) is 18.3 Å². The molecule has 0 aliphatic carbocycles. The monoisotopic (exact) mass is 221 g/mol. The van der Waals surface area contributed by atoms with Crippen molar-refractivity contribution >= 4 is 11.8 Å². The topological polar surface area (TPSA) is 12.0 Å². The molecule has 1 heterocycles. The van der Waals surface area contributed by atoms with E-state index in [4.69, 9.17) is 0 Å². The maximum atomic E-state index is 3.46. The number of benzene rings is 1. The van der Waals surface area contributed by atoms with Crippen LogP contribution in [0.25, 0.3) is 0 Å². The van der Waals surface area contributed by atoms with Gasteiger partial charge in [-0.15, -0.1) is 11.8 Å². The summed E-state index contributed by atoms with van der Waals surface area (Å²) < 4.78 is 0. The number of rotatable bonds is 2. The third-order valence-electron chi connectivity index (χ3n) is 2.82. The van der Waals surface area contributed by atoms with Crippen LogP contribution >= 0.6 is 11.8 Å². The molecule has 1 nitrogen and oxygen atoms in total. The van der Waals surface area contributed by atoms with Crippen molar-refractivity contribution in [3.05, 3.63) is 29.8 Å². The van der Waals surface area contributed by atoms with Crippen molar-refractivity contribution in [2.24, 2.45) is 0 Å². The Balaban J connectivity index is 1.95. The van der Waals surface area contributed by atoms with E-state index in [0.29, 0.717) is 0 Å². The molecule has 1 unspecified atom stereocenters. The molecule has 1 fully saturated rings. The lowest BCUT2D eigenvalue weighted by molar-refractivity contribution is 0.703. The minimum atomic E-state index is 0.807. The molecule has 1 aromatic carbocycles. The first-order valence-corrected chi connectivity index (χ1v) is 6.66. The first-order chi connectivity index (χ1) is 7.34. The first kappa shape index (κ1) is 11.0. The second-order valence-electron chi connectivity index (χ2n) is 4.24. The molecule has 0 spiro atoms. The Morgan fingerprint density at radius 3 is 3.07 bits per heavy atom. The largest absolute Gasteiger partial charge is 0.317 e. The third kappa shape index (κ3) is 3.54. The Kier molecular flexibility index (Phi) is 4.09. The number of thioether (sulfide) groups is 1. The average molecular weight is 221 g/mol. The highest BCUT2D eigenvalue weighted by atomic mass is 32.2. The summed E-state index contributed by atoms with van der Waals surface area (Å²) in [5, 5.41) is 4.27. The van der Waals surface area contributed by atoms with Crippen LogP contribution in [0.5, 0.6) is 0 Å². The molecule has 1 aliphatic rings. The van der Waals surface area contributed by atoms with Gasteiger partial charge in [0.1, 0.15) is 0 Å². The van der Waals surface area contributed by atoms with Crippen molar-refractivity contribution in [2.75, 3.05) is 13.1 Å². The van der Waals surface area contributed by atoms with Gasteiger partial charge in [0.05, 0.1) is 0 Å². The van der Waals surface area contributed by atoms with Crippen LogP contribution in [0.3, 0.4) is 0 Å². The Morgan fingerprint density at radius 2 is 2.20 bits per heavy atom.